The lowest BCUT2D eigenvalue weighted by Gasteiger charge is -2.01. The molecule has 0 unspecified atom stereocenters. The van der Waals surface area contributed by atoms with Gasteiger partial charge in [0.05, 0.1) is 5.69 Å². The lowest BCUT2D eigenvalue weighted by atomic mass is 10.2. The lowest BCUT2D eigenvalue weighted by Crippen LogP contribution is -1.85. The van der Waals surface area contributed by atoms with E-state index in [1.165, 1.54) is 16.8 Å². The minimum atomic E-state index is -0.833. The molecule has 0 aliphatic carbocycles. The van der Waals surface area contributed by atoms with Gasteiger partial charge < -0.3 is 9.51 Å². The number of carboxylic acids is 1. The molecule has 0 radical (unpaired) electrons. The molecule has 0 saturated carbocycles. The number of aliphatic carboxylic acids is 1. The van der Waals surface area contributed by atoms with E-state index in [9.17, 15) is 0 Å². The van der Waals surface area contributed by atoms with Crippen molar-refractivity contribution in [2.75, 3.05) is 0 Å². The second-order valence-electron chi connectivity index (χ2n) is 4.10. The first-order valence-electron chi connectivity index (χ1n) is 5.99. The molecule has 3 aromatic rings. The number of aromatic nitrogens is 1. The second kappa shape index (κ2) is 5.87. The molecule has 0 fully saturated rings. The maximum Gasteiger partial charge on any atom is 0.300 e. The maximum atomic E-state index is 9.00. The fraction of sp³-hybridized carbons (Fsp3) is 0.0625. The zero-order chi connectivity index (χ0) is 13.7. The molecule has 2 heterocycles. The molecule has 3 heteroatoms. The molecule has 3 rings (SSSR count). The fourth-order valence-corrected chi connectivity index (χ4v) is 1.90. The van der Waals surface area contributed by atoms with Gasteiger partial charge in [0, 0.05) is 18.6 Å². The first-order chi connectivity index (χ1) is 9.18. The molecule has 1 N–H and O–H groups in total. The van der Waals surface area contributed by atoms with Crippen molar-refractivity contribution < 1.29 is 9.90 Å². The third-order valence-corrected chi connectivity index (χ3v) is 2.63. The third-order valence-electron chi connectivity index (χ3n) is 2.63. The summed E-state index contributed by atoms with van der Waals surface area (Å²) in [5.74, 6) is -0.833. The van der Waals surface area contributed by atoms with Gasteiger partial charge in [-0.1, -0.05) is 36.4 Å². The Hall–Kier alpha value is -2.55. The highest BCUT2D eigenvalue weighted by atomic mass is 16.4. The van der Waals surface area contributed by atoms with E-state index < -0.39 is 5.97 Å². The molecule has 0 aliphatic rings. The van der Waals surface area contributed by atoms with E-state index in [1.54, 1.807) is 0 Å². The van der Waals surface area contributed by atoms with Gasteiger partial charge in [-0.15, -0.1) is 0 Å². The van der Waals surface area contributed by atoms with Gasteiger partial charge in [-0.25, -0.2) is 0 Å². The third kappa shape index (κ3) is 3.22. The van der Waals surface area contributed by atoms with Gasteiger partial charge in [-0.2, -0.15) is 0 Å². The number of carbonyl (C=O) groups is 1. The van der Waals surface area contributed by atoms with Crippen LogP contribution in [-0.2, 0) is 4.79 Å². The number of benzene rings is 1. The Labute approximate surface area is 111 Å². The van der Waals surface area contributed by atoms with Crippen molar-refractivity contribution in [2.45, 2.75) is 6.92 Å². The van der Waals surface area contributed by atoms with Crippen molar-refractivity contribution in [3.8, 4) is 11.3 Å². The normalized spacial score (nSPS) is 9.74. The van der Waals surface area contributed by atoms with Crippen LogP contribution < -0.4 is 0 Å². The highest BCUT2D eigenvalue weighted by molar-refractivity contribution is 5.67. The van der Waals surface area contributed by atoms with Crippen LogP contribution in [0.1, 0.15) is 6.92 Å². The predicted octanol–water partition coefficient (Wildman–Crippen LogP) is 3.70. The Kier molecular flexibility index (Phi) is 3.98. The molecule has 0 bridgehead atoms. The van der Waals surface area contributed by atoms with E-state index in [1.807, 2.05) is 6.07 Å². The van der Waals surface area contributed by atoms with E-state index in [0.29, 0.717) is 0 Å². The van der Waals surface area contributed by atoms with Crippen LogP contribution in [0, 0.1) is 0 Å². The van der Waals surface area contributed by atoms with Crippen molar-refractivity contribution in [1.82, 2.24) is 4.40 Å². The number of hydrogen-bond donors (Lipinski definition) is 1. The Bertz CT molecular complexity index is 667. The Balaban J connectivity index is 0.000000297. The summed E-state index contributed by atoms with van der Waals surface area (Å²) in [7, 11) is 0. The van der Waals surface area contributed by atoms with Gasteiger partial charge in [0.1, 0.15) is 0 Å². The summed E-state index contributed by atoms with van der Waals surface area (Å²) in [5.41, 5.74) is 3.73. The van der Waals surface area contributed by atoms with Crippen LogP contribution in [0.4, 0.5) is 0 Å². The Morgan fingerprint density at radius 3 is 2.26 bits per heavy atom. The van der Waals surface area contributed by atoms with E-state index in [2.05, 4.69) is 65.2 Å². The summed E-state index contributed by atoms with van der Waals surface area (Å²) in [6.07, 6.45) is 2.09. The summed E-state index contributed by atoms with van der Waals surface area (Å²) in [6.45, 7) is 1.08. The molecule has 2 aromatic heterocycles. The van der Waals surface area contributed by atoms with E-state index in [0.717, 1.165) is 6.92 Å². The van der Waals surface area contributed by atoms with Crippen molar-refractivity contribution >= 4 is 11.5 Å². The van der Waals surface area contributed by atoms with E-state index in [4.69, 9.17) is 9.90 Å². The maximum absolute atomic E-state index is 9.00. The molecule has 0 saturated heterocycles. The quantitative estimate of drug-likeness (QED) is 0.718. The highest BCUT2D eigenvalue weighted by Gasteiger charge is 2.01. The van der Waals surface area contributed by atoms with Crippen LogP contribution in [0.3, 0.4) is 0 Å². The molecular formula is C16H15NO2. The van der Waals surface area contributed by atoms with Gasteiger partial charge in [-0.3, -0.25) is 4.79 Å². The number of fused-ring (bicyclic) bond motifs is 1. The fourth-order valence-electron chi connectivity index (χ4n) is 1.90. The zero-order valence-electron chi connectivity index (χ0n) is 10.7. The molecule has 3 nitrogen and oxygen atoms in total. The largest absolute Gasteiger partial charge is 0.481 e. The number of pyridine rings is 1. The van der Waals surface area contributed by atoms with Crippen LogP contribution in [0.15, 0.2) is 66.9 Å². The minimum Gasteiger partial charge on any atom is -0.481 e. The average Bonchev–Trinajstić information content (AvgIpc) is 2.83. The summed E-state index contributed by atoms with van der Waals surface area (Å²) < 4.78 is 2.20. The summed E-state index contributed by atoms with van der Waals surface area (Å²) >= 11 is 0. The first kappa shape index (κ1) is 12.9. The number of carboxylic acid groups (broad SMARTS) is 1. The van der Waals surface area contributed by atoms with Crippen LogP contribution in [0.2, 0.25) is 0 Å². The molecular weight excluding hydrogens is 238 g/mol. The van der Waals surface area contributed by atoms with E-state index >= 15 is 0 Å². The van der Waals surface area contributed by atoms with Gasteiger partial charge in [0.25, 0.3) is 5.97 Å². The summed E-state index contributed by atoms with van der Waals surface area (Å²) in [4.78, 5) is 9.00. The standard InChI is InChI=1S/C14H11N.C2H4O2/c1-2-6-12(7-3-1)14-10-9-13-8-4-5-11-15(13)14;1-2(3)4/h1-11H;1H3,(H,3,4). The van der Waals surface area contributed by atoms with Crippen molar-refractivity contribution in [2.24, 2.45) is 0 Å². The highest BCUT2D eigenvalue weighted by Crippen LogP contribution is 2.21. The number of rotatable bonds is 1. The lowest BCUT2D eigenvalue weighted by molar-refractivity contribution is -0.134. The first-order valence-corrected chi connectivity index (χ1v) is 5.99. The van der Waals surface area contributed by atoms with Crippen LogP contribution in [0.5, 0.6) is 0 Å². The van der Waals surface area contributed by atoms with Crippen LogP contribution in [0.25, 0.3) is 16.8 Å². The minimum absolute atomic E-state index is 0.833. The molecule has 0 spiro atoms. The molecule has 96 valence electrons. The van der Waals surface area contributed by atoms with Crippen molar-refractivity contribution in [1.29, 1.82) is 0 Å². The zero-order valence-corrected chi connectivity index (χ0v) is 10.7. The molecule has 0 aliphatic heterocycles. The van der Waals surface area contributed by atoms with Gasteiger partial charge in [-0.05, 0) is 29.8 Å². The van der Waals surface area contributed by atoms with Crippen LogP contribution >= 0.6 is 0 Å². The Morgan fingerprint density at radius 1 is 0.947 bits per heavy atom. The van der Waals surface area contributed by atoms with Gasteiger partial charge in [0.2, 0.25) is 0 Å². The van der Waals surface area contributed by atoms with E-state index in [-0.39, 0.29) is 0 Å². The van der Waals surface area contributed by atoms with Crippen LogP contribution in [-0.4, -0.2) is 15.5 Å². The number of nitrogens with zero attached hydrogens (tertiary/aromatic N) is 1. The summed E-state index contributed by atoms with van der Waals surface area (Å²) in [6, 6.07) is 21.0. The van der Waals surface area contributed by atoms with Crippen molar-refractivity contribution in [3.63, 3.8) is 0 Å². The summed E-state index contributed by atoms with van der Waals surface area (Å²) in [5, 5.41) is 7.42. The number of hydrogen-bond acceptors (Lipinski definition) is 1. The molecule has 0 atom stereocenters. The smallest absolute Gasteiger partial charge is 0.300 e. The average molecular weight is 253 g/mol. The monoisotopic (exact) mass is 253 g/mol. The second-order valence-corrected chi connectivity index (χ2v) is 4.10. The Morgan fingerprint density at radius 2 is 1.58 bits per heavy atom. The predicted molar refractivity (Wildman–Crippen MR) is 76.1 cm³/mol. The van der Waals surface area contributed by atoms with Gasteiger partial charge >= 0.3 is 0 Å². The molecule has 19 heavy (non-hydrogen) atoms. The molecule has 1 aromatic carbocycles. The van der Waals surface area contributed by atoms with Crippen molar-refractivity contribution in [3.05, 3.63) is 66.9 Å². The SMILES string of the molecule is CC(=O)O.c1ccc(-c2ccc3ccccn23)cc1. The van der Waals surface area contributed by atoms with Gasteiger partial charge in [0.15, 0.2) is 0 Å². The molecule has 0 amide bonds. The topological polar surface area (TPSA) is 41.7 Å².